The van der Waals surface area contributed by atoms with E-state index in [1.54, 1.807) is 37.3 Å². The average Bonchev–Trinajstić information content (AvgIpc) is 2.61. The highest BCUT2D eigenvalue weighted by atomic mass is 35.5. The molecular formula is C19H17ClN4O2. The van der Waals surface area contributed by atoms with Crippen LogP contribution in [-0.2, 0) is 6.54 Å². The molecule has 6 nitrogen and oxygen atoms in total. The van der Waals surface area contributed by atoms with Gasteiger partial charge in [0.2, 0.25) is 0 Å². The Morgan fingerprint density at radius 2 is 1.77 bits per heavy atom. The molecule has 3 rings (SSSR count). The molecule has 1 aromatic heterocycles. The van der Waals surface area contributed by atoms with Crippen LogP contribution >= 0.6 is 11.6 Å². The van der Waals surface area contributed by atoms with E-state index >= 15 is 0 Å². The van der Waals surface area contributed by atoms with Crippen molar-refractivity contribution < 1.29 is 9.90 Å². The summed E-state index contributed by atoms with van der Waals surface area (Å²) in [6.07, 6.45) is 0. The number of rotatable bonds is 6. The number of benzene rings is 2. The number of carbonyl (C=O) groups is 1. The van der Waals surface area contributed by atoms with E-state index in [-0.39, 0.29) is 5.56 Å². The molecule has 0 unspecified atom stereocenters. The lowest BCUT2D eigenvalue weighted by atomic mass is 10.2. The SMILES string of the molecule is Cc1nc(NCc2ccc(Cl)cc2)cc(Nc2ccccc2C(=O)O)n1. The fourth-order valence-electron chi connectivity index (χ4n) is 2.43. The van der Waals surface area contributed by atoms with Gasteiger partial charge in [0.05, 0.1) is 11.3 Å². The second-order valence-electron chi connectivity index (χ2n) is 5.64. The van der Waals surface area contributed by atoms with E-state index in [2.05, 4.69) is 20.6 Å². The molecule has 0 amide bonds. The number of hydrogen-bond donors (Lipinski definition) is 3. The predicted octanol–water partition coefficient (Wildman–Crippen LogP) is 4.49. The topological polar surface area (TPSA) is 87.1 Å². The largest absolute Gasteiger partial charge is 0.478 e. The van der Waals surface area contributed by atoms with Crippen molar-refractivity contribution in [2.24, 2.45) is 0 Å². The van der Waals surface area contributed by atoms with Crippen molar-refractivity contribution in [3.8, 4) is 0 Å². The zero-order valence-electron chi connectivity index (χ0n) is 14.0. The summed E-state index contributed by atoms with van der Waals surface area (Å²) in [5, 5.41) is 16.3. The van der Waals surface area contributed by atoms with Crippen molar-refractivity contribution in [3.63, 3.8) is 0 Å². The van der Waals surface area contributed by atoms with Crippen molar-refractivity contribution >= 4 is 34.9 Å². The number of halogens is 1. The van der Waals surface area contributed by atoms with E-state index < -0.39 is 5.97 Å². The van der Waals surface area contributed by atoms with Gasteiger partial charge in [0.25, 0.3) is 0 Å². The normalized spacial score (nSPS) is 10.4. The number of carboxylic acids is 1. The third kappa shape index (κ3) is 4.49. The van der Waals surface area contributed by atoms with Crippen molar-refractivity contribution in [1.82, 2.24) is 9.97 Å². The minimum Gasteiger partial charge on any atom is -0.478 e. The molecule has 7 heteroatoms. The quantitative estimate of drug-likeness (QED) is 0.594. The highest BCUT2D eigenvalue weighted by molar-refractivity contribution is 6.30. The summed E-state index contributed by atoms with van der Waals surface area (Å²) in [7, 11) is 0. The maximum Gasteiger partial charge on any atom is 0.337 e. The van der Waals surface area contributed by atoms with Crippen molar-refractivity contribution in [3.05, 3.63) is 76.6 Å². The van der Waals surface area contributed by atoms with Crippen LogP contribution in [0.2, 0.25) is 5.02 Å². The van der Waals surface area contributed by atoms with Gasteiger partial charge in [-0.15, -0.1) is 0 Å². The van der Waals surface area contributed by atoms with Gasteiger partial charge in [-0.3, -0.25) is 0 Å². The number of aryl methyl sites for hydroxylation is 1. The highest BCUT2D eigenvalue weighted by Crippen LogP contribution is 2.21. The van der Waals surface area contributed by atoms with Crippen LogP contribution in [0.3, 0.4) is 0 Å². The first-order valence-electron chi connectivity index (χ1n) is 7.94. The number of aromatic nitrogens is 2. The molecule has 0 aliphatic carbocycles. The molecule has 0 spiro atoms. The number of carboxylic acid groups (broad SMARTS) is 1. The van der Waals surface area contributed by atoms with Gasteiger partial charge in [-0.2, -0.15) is 0 Å². The van der Waals surface area contributed by atoms with Crippen LogP contribution in [0.4, 0.5) is 17.3 Å². The van der Waals surface area contributed by atoms with Crippen LogP contribution in [0.25, 0.3) is 0 Å². The molecule has 0 saturated heterocycles. The van der Waals surface area contributed by atoms with Gasteiger partial charge in [0.15, 0.2) is 0 Å². The zero-order valence-corrected chi connectivity index (χ0v) is 14.8. The Labute approximate surface area is 155 Å². The molecule has 3 aromatic rings. The Balaban J connectivity index is 1.77. The zero-order chi connectivity index (χ0) is 18.5. The van der Waals surface area contributed by atoms with E-state index in [9.17, 15) is 9.90 Å². The number of para-hydroxylation sites is 1. The van der Waals surface area contributed by atoms with E-state index in [0.717, 1.165) is 5.56 Å². The molecule has 3 N–H and O–H groups in total. The van der Waals surface area contributed by atoms with Crippen molar-refractivity contribution in [2.45, 2.75) is 13.5 Å². The molecule has 0 atom stereocenters. The van der Waals surface area contributed by atoms with Crippen LogP contribution < -0.4 is 10.6 Å². The second kappa shape index (κ2) is 7.84. The van der Waals surface area contributed by atoms with E-state index in [1.807, 2.05) is 24.3 Å². The molecule has 26 heavy (non-hydrogen) atoms. The number of hydrogen-bond acceptors (Lipinski definition) is 5. The lowest BCUT2D eigenvalue weighted by Gasteiger charge is -2.12. The van der Waals surface area contributed by atoms with Gasteiger partial charge in [0.1, 0.15) is 17.5 Å². The molecule has 0 bridgehead atoms. The van der Waals surface area contributed by atoms with Crippen molar-refractivity contribution in [2.75, 3.05) is 10.6 Å². The Bertz CT molecular complexity index is 929. The Morgan fingerprint density at radius 3 is 2.50 bits per heavy atom. The fourth-order valence-corrected chi connectivity index (χ4v) is 2.56. The van der Waals surface area contributed by atoms with Crippen LogP contribution in [0.15, 0.2) is 54.6 Å². The summed E-state index contributed by atoms with van der Waals surface area (Å²) in [6.45, 7) is 2.36. The third-order valence-corrected chi connectivity index (χ3v) is 3.90. The van der Waals surface area contributed by atoms with Crippen LogP contribution in [0, 0.1) is 6.92 Å². The van der Waals surface area contributed by atoms with Gasteiger partial charge >= 0.3 is 5.97 Å². The van der Waals surface area contributed by atoms with E-state index in [0.29, 0.717) is 34.7 Å². The monoisotopic (exact) mass is 368 g/mol. The van der Waals surface area contributed by atoms with Crippen molar-refractivity contribution in [1.29, 1.82) is 0 Å². The minimum atomic E-state index is -1.00. The molecular weight excluding hydrogens is 352 g/mol. The standard InChI is InChI=1S/C19H17ClN4O2/c1-12-22-17(21-11-13-6-8-14(20)9-7-13)10-18(23-12)24-16-5-3-2-4-15(16)19(25)26/h2-10H,11H2,1H3,(H,25,26)(H2,21,22,23,24). The van der Waals surface area contributed by atoms with Gasteiger partial charge in [-0.1, -0.05) is 35.9 Å². The molecule has 0 saturated carbocycles. The predicted molar refractivity (Wildman–Crippen MR) is 102 cm³/mol. The van der Waals surface area contributed by atoms with E-state index in [4.69, 9.17) is 11.6 Å². The first-order valence-corrected chi connectivity index (χ1v) is 8.32. The average molecular weight is 369 g/mol. The number of nitrogens with one attached hydrogen (secondary N) is 2. The maximum atomic E-state index is 11.3. The molecule has 1 heterocycles. The lowest BCUT2D eigenvalue weighted by molar-refractivity contribution is 0.0698. The first kappa shape index (κ1) is 17.7. The molecule has 0 fully saturated rings. The summed E-state index contributed by atoms with van der Waals surface area (Å²) >= 11 is 5.89. The maximum absolute atomic E-state index is 11.3. The van der Waals surface area contributed by atoms with Gasteiger partial charge in [0, 0.05) is 17.6 Å². The lowest BCUT2D eigenvalue weighted by Crippen LogP contribution is -2.07. The van der Waals surface area contributed by atoms with Crippen LogP contribution in [0.5, 0.6) is 0 Å². The number of aromatic carboxylic acids is 1. The molecule has 0 aliphatic heterocycles. The summed E-state index contributed by atoms with van der Waals surface area (Å²) in [5.41, 5.74) is 1.72. The Hall–Kier alpha value is -3.12. The van der Waals surface area contributed by atoms with Crippen LogP contribution in [-0.4, -0.2) is 21.0 Å². The Morgan fingerprint density at radius 1 is 1.08 bits per heavy atom. The van der Waals surface area contributed by atoms with E-state index in [1.165, 1.54) is 0 Å². The van der Waals surface area contributed by atoms with Crippen LogP contribution in [0.1, 0.15) is 21.7 Å². The summed E-state index contributed by atoms with van der Waals surface area (Å²) in [6, 6.07) is 16.0. The minimum absolute atomic E-state index is 0.180. The molecule has 132 valence electrons. The second-order valence-corrected chi connectivity index (χ2v) is 6.08. The molecule has 0 radical (unpaired) electrons. The summed E-state index contributed by atoms with van der Waals surface area (Å²) in [5.74, 6) is 0.730. The van der Waals surface area contributed by atoms with Gasteiger partial charge < -0.3 is 15.7 Å². The smallest absolute Gasteiger partial charge is 0.337 e. The number of anilines is 3. The Kier molecular flexibility index (Phi) is 5.34. The van der Waals surface area contributed by atoms with Gasteiger partial charge in [-0.25, -0.2) is 14.8 Å². The fraction of sp³-hybridized carbons (Fsp3) is 0.105. The molecule has 2 aromatic carbocycles. The number of nitrogens with zero attached hydrogens (tertiary/aromatic N) is 2. The molecule has 0 aliphatic rings. The summed E-state index contributed by atoms with van der Waals surface area (Å²) < 4.78 is 0. The summed E-state index contributed by atoms with van der Waals surface area (Å²) in [4.78, 5) is 20.0. The first-order chi connectivity index (χ1) is 12.5. The van der Waals surface area contributed by atoms with Gasteiger partial charge in [-0.05, 0) is 36.8 Å². The highest BCUT2D eigenvalue weighted by Gasteiger charge is 2.10. The third-order valence-electron chi connectivity index (χ3n) is 3.65.